The summed E-state index contributed by atoms with van der Waals surface area (Å²) in [5.74, 6) is 0.695. The largest absolute Gasteiger partial charge is 0.506 e. The number of carbonyl (C=O) groups excluding carboxylic acids is 1. The maximum absolute atomic E-state index is 12.6. The second-order valence-corrected chi connectivity index (χ2v) is 9.03. The second kappa shape index (κ2) is 8.79. The van der Waals surface area contributed by atoms with Crippen molar-refractivity contribution in [2.24, 2.45) is 0 Å². The molecule has 6 heteroatoms. The molecule has 0 atom stereocenters. The Hall–Kier alpha value is -2.99. The van der Waals surface area contributed by atoms with Gasteiger partial charge in [-0.05, 0) is 36.1 Å². The minimum absolute atomic E-state index is 0.00139. The summed E-state index contributed by atoms with van der Waals surface area (Å²) in [6.07, 6.45) is 0. The molecule has 1 N–H and O–H groups in total. The van der Waals surface area contributed by atoms with Crippen molar-refractivity contribution < 1.29 is 19.1 Å². The van der Waals surface area contributed by atoms with E-state index in [1.54, 1.807) is 6.07 Å². The van der Waals surface area contributed by atoms with Gasteiger partial charge in [-0.15, -0.1) is 0 Å². The molecule has 2 aromatic carbocycles. The Morgan fingerprint density at radius 1 is 1.10 bits per heavy atom. The zero-order valence-electron chi connectivity index (χ0n) is 17.4. The molecular weight excluding hydrogens is 400 g/mol. The molecule has 0 spiro atoms. The molecule has 0 bridgehead atoms. The van der Waals surface area contributed by atoms with Gasteiger partial charge in [0.2, 0.25) is 0 Å². The Balaban J connectivity index is 1.97. The Kier molecular flexibility index (Phi) is 6.37. The predicted molar refractivity (Wildman–Crippen MR) is 118 cm³/mol. The topological polar surface area (TPSA) is 76.7 Å². The van der Waals surface area contributed by atoms with E-state index in [4.69, 9.17) is 9.15 Å². The van der Waals surface area contributed by atoms with E-state index in [2.05, 4.69) is 0 Å². The van der Waals surface area contributed by atoms with Crippen molar-refractivity contribution in [1.29, 1.82) is 0 Å². The minimum Gasteiger partial charge on any atom is -0.506 e. The van der Waals surface area contributed by atoms with Crippen LogP contribution in [0.1, 0.15) is 33.3 Å². The Labute approximate surface area is 179 Å². The molecule has 0 saturated heterocycles. The van der Waals surface area contributed by atoms with E-state index < -0.39 is 5.63 Å². The molecule has 0 aliphatic heterocycles. The van der Waals surface area contributed by atoms with Crippen LogP contribution in [0.2, 0.25) is 0 Å². The van der Waals surface area contributed by atoms with Crippen LogP contribution in [0.15, 0.2) is 73.6 Å². The van der Waals surface area contributed by atoms with Crippen LogP contribution in [0.4, 0.5) is 0 Å². The highest BCUT2D eigenvalue weighted by molar-refractivity contribution is 7.99. The molecule has 0 saturated carbocycles. The van der Waals surface area contributed by atoms with Gasteiger partial charge in [0.1, 0.15) is 28.8 Å². The SMILES string of the molecule is CC(=O)COc1ccc(Sc2c(O)cc(-c3ccccc3)oc2=O)c(C(C)(C)C)c1. The number of hydrogen-bond donors (Lipinski definition) is 1. The van der Waals surface area contributed by atoms with Gasteiger partial charge in [0, 0.05) is 16.5 Å². The molecule has 156 valence electrons. The average Bonchev–Trinajstić information content (AvgIpc) is 2.69. The average molecular weight is 425 g/mol. The van der Waals surface area contributed by atoms with E-state index in [0.717, 1.165) is 22.2 Å². The highest BCUT2D eigenvalue weighted by atomic mass is 32.2. The number of ketones is 1. The maximum Gasteiger partial charge on any atom is 0.354 e. The highest BCUT2D eigenvalue weighted by Crippen LogP contribution is 2.40. The molecule has 1 aromatic heterocycles. The minimum atomic E-state index is -0.601. The fourth-order valence-electron chi connectivity index (χ4n) is 2.88. The van der Waals surface area contributed by atoms with Crippen molar-refractivity contribution in [1.82, 2.24) is 0 Å². The number of ether oxygens (including phenoxy) is 1. The van der Waals surface area contributed by atoms with Gasteiger partial charge in [-0.1, -0.05) is 62.9 Å². The molecule has 3 rings (SSSR count). The molecule has 0 aliphatic carbocycles. The van der Waals surface area contributed by atoms with Gasteiger partial charge in [-0.2, -0.15) is 0 Å². The van der Waals surface area contributed by atoms with Gasteiger partial charge >= 0.3 is 5.63 Å². The third-order valence-corrected chi connectivity index (χ3v) is 5.52. The lowest BCUT2D eigenvalue weighted by Crippen LogP contribution is -2.14. The van der Waals surface area contributed by atoms with Crippen molar-refractivity contribution in [2.75, 3.05) is 6.61 Å². The molecule has 1 heterocycles. The monoisotopic (exact) mass is 424 g/mol. The van der Waals surface area contributed by atoms with Crippen LogP contribution in [0, 0.1) is 0 Å². The standard InChI is InChI=1S/C24H24O5S/c1-15(25)14-28-17-10-11-21(18(12-17)24(2,3)4)30-22-19(26)13-20(29-23(22)27)16-8-6-5-7-9-16/h5-13,26H,14H2,1-4H3. The van der Waals surface area contributed by atoms with Crippen molar-refractivity contribution in [3.8, 4) is 22.8 Å². The van der Waals surface area contributed by atoms with E-state index in [1.807, 2.05) is 63.2 Å². The quantitative estimate of drug-likeness (QED) is 0.569. The number of rotatable bonds is 6. The molecule has 3 aromatic rings. The summed E-state index contributed by atoms with van der Waals surface area (Å²) in [5, 5.41) is 10.5. The Morgan fingerprint density at radius 3 is 2.40 bits per heavy atom. The third-order valence-electron chi connectivity index (χ3n) is 4.36. The van der Waals surface area contributed by atoms with Gasteiger partial charge in [-0.25, -0.2) is 4.79 Å². The molecule has 0 aliphatic rings. The number of hydrogen-bond acceptors (Lipinski definition) is 6. The summed E-state index contributed by atoms with van der Waals surface area (Å²) in [5.41, 5.74) is 0.788. The second-order valence-electron chi connectivity index (χ2n) is 7.98. The smallest absolute Gasteiger partial charge is 0.354 e. The van der Waals surface area contributed by atoms with Gasteiger partial charge in [0.05, 0.1) is 0 Å². The number of aromatic hydroxyl groups is 1. The summed E-state index contributed by atoms with van der Waals surface area (Å²) in [6.45, 7) is 7.60. The first-order chi connectivity index (χ1) is 14.1. The summed E-state index contributed by atoms with van der Waals surface area (Å²) in [4.78, 5) is 24.8. The lowest BCUT2D eigenvalue weighted by atomic mass is 9.87. The van der Waals surface area contributed by atoms with E-state index in [-0.39, 0.29) is 28.5 Å². The molecule has 0 unspecified atom stereocenters. The lowest BCUT2D eigenvalue weighted by Gasteiger charge is -2.23. The van der Waals surface area contributed by atoms with Crippen LogP contribution >= 0.6 is 11.8 Å². The first-order valence-corrected chi connectivity index (χ1v) is 10.3. The zero-order chi connectivity index (χ0) is 21.9. The van der Waals surface area contributed by atoms with Crippen LogP contribution in [0.5, 0.6) is 11.5 Å². The number of benzene rings is 2. The first-order valence-electron chi connectivity index (χ1n) is 9.52. The zero-order valence-corrected chi connectivity index (χ0v) is 18.2. The van der Waals surface area contributed by atoms with Crippen molar-refractivity contribution >= 4 is 17.5 Å². The van der Waals surface area contributed by atoms with Crippen LogP contribution in [0.3, 0.4) is 0 Å². The Morgan fingerprint density at radius 2 is 1.80 bits per heavy atom. The summed E-state index contributed by atoms with van der Waals surface area (Å²) >= 11 is 1.15. The van der Waals surface area contributed by atoms with Crippen LogP contribution < -0.4 is 10.4 Å². The fraction of sp³-hybridized carbons (Fsp3) is 0.250. The van der Waals surface area contributed by atoms with E-state index in [1.165, 1.54) is 13.0 Å². The molecule has 0 radical (unpaired) electrons. The van der Waals surface area contributed by atoms with Gasteiger partial charge in [0.25, 0.3) is 0 Å². The molecule has 0 amide bonds. The summed E-state index contributed by atoms with van der Waals surface area (Å²) < 4.78 is 11.0. The van der Waals surface area contributed by atoms with Gasteiger partial charge in [-0.3, -0.25) is 4.79 Å². The fourth-order valence-corrected chi connectivity index (χ4v) is 4.00. The number of Topliss-reactive ketones (excluding diaryl/α,β-unsaturated/α-hetero) is 1. The molecule has 5 nitrogen and oxygen atoms in total. The van der Waals surface area contributed by atoms with Crippen LogP contribution in [-0.4, -0.2) is 17.5 Å². The molecule has 0 fully saturated rings. The van der Waals surface area contributed by atoms with Crippen LogP contribution in [-0.2, 0) is 10.2 Å². The summed E-state index contributed by atoms with van der Waals surface area (Å²) in [6, 6.07) is 16.0. The van der Waals surface area contributed by atoms with Crippen molar-refractivity contribution in [3.05, 3.63) is 70.6 Å². The van der Waals surface area contributed by atoms with E-state index in [0.29, 0.717) is 17.1 Å². The predicted octanol–water partition coefficient (Wildman–Crippen LogP) is 5.43. The normalized spacial score (nSPS) is 11.3. The molecular formula is C24H24O5S. The summed E-state index contributed by atoms with van der Waals surface area (Å²) in [7, 11) is 0. The van der Waals surface area contributed by atoms with Crippen molar-refractivity contribution in [3.63, 3.8) is 0 Å². The van der Waals surface area contributed by atoms with Crippen molar-refractivity contribution in [2.45, 2.75) is 42.9 Å². The van der Waals surface area contributed by atoms with Crippen LogP contribution in [0.25, 0.3) is 11.3 Å². The Bertz CT molecular complexity index is 1110. The molecule has 30 heavy (non-hydrogen) atoms. The lowest BCUT2D eigenvalue weighted by molar-refractivity contribution is -0.118. The van der Waals surface area contributed by atoms with Gasteiger partial charge in [0.15, 0.2) is 5.78 Å². The van der Waals surface area contributed by atoms with Gasteiger partial charge < -0.3 is 14.3 Å². The first kappa shape index (κ1) is 21.7. The highest BCUT2D eigenvalue weighted by Gasteiger charge is 2.22. The maximum atomic E-state index is 12.6. The van der Waals surface area contributed by atoms with E-state index in [9.17, 15) is 14.7 Å². The third kappa shape index (κ3) is 5.13. The number of carbonyl (C=O) groups is 1. The van der Waals surface area contributed by atoms with E-state index >= 15 is 0 Å².